The van der Waals surface area contributed by atoms with Gasteiger partial charge in [-0.15, -0.1) is 13.2 Å². The second-order valence-electron chi connectivity index (χ2n) is 12.1. The standard InChI is InChI=1S/C36H44BrN3O6/c1-4-19-38(24-25-13-9-7-10-14-25)35(44)32-36-23-28(37)31(46-36)29(30(36)34(43)40(32)21-11-8-12-22-41)33(42)39(20-5-2)26-15-17-27(18-16-26)45-6-3/h4-5,7,9-10,13-18,28-32,41H,1-2,6,8,11-12,19-24H2,3H3/t28?,29-,30+,31-,32?,36?/m1/s1. The van der Waals surface area contributed by atoms with E-state index in [0.29, 0.717) is 63.4 Å². The van der Waals surface area contributed by atoms with Crippen molar-refractivity contribution in [3.05, 3.63) is 85.5 Å². The Kier molecular flexibility index (Phi) is 11.0. The average molecular weight is 695 g/mol. The second-order valence-corrected chi connectivity index (χ2v) is 13.3. The fourth-order valence-corrected chi connectivity index (χ4v) is 8.33. The Hall–Kier alpha value is -3.47. The first-order valence-corrected chi connectivity index (χ1v) is 17.0. The molecule has 0 radical (unpaired) electrons. The first kappa shape index (κ1) is 33.9. The van der Waals surface area contributed by atoms with Crippen molar-refractivity contribution in [3.63, 3.8) is 0 Å². The molecule has 1 spiro atoms. The minimum Gasteiger partial charge on any atom is -0.494 e. The predicted octanol–water partition coefficient (Wildman–Crippen LogP) is 4.73. The Balaban J connectivity index is 1.51. The number of halogens is 1. The number of alkyl halides is 1. The molecule has 3 fully saturated rings. The topological polar surface area (TPSA) is 99.6 Å². The Morgan fingerprint density at radius 1 is 1.07 bits per heavy atom. The molecule has 2 aromatic carbocycles. The summed E-state index contributed by atoms with van der Waals surface area (Å²) in [6, 6.07) is 16.1. The maximum absolute atomic E-state index is 14.7. The number of amides is 3. The van der Waals surface area contributed by atoms with E-state index < -0.39 is 29.6 Å². The molecule has 2 bridgehead atoms. The third-order valence-corrected chi connectivity index (χ3v) is 10.1. The number of benzene rings is 2. The van der Waals surface area contributed by atoms with Crippen molar-refractivity contribution < 1.29 is 29.0 Å². The number of carbonyl (C=O) groups excluding carboxylic acids is 3. The number of carbonyl (C=O) groups is 3. The van der Waals surface area contributed by atoms with Crippen LogP contribution in [0.25, 0.3) is 0 Å². The minimum absolute atomic E-state index is 0.0599. The molecular weight excluding hydrogens is 650 g/mol. The van der Waals surface area contributed by atoms with Gasteiger partial charge in [0.05, 0.1) is 24.5 Å². The molecule has 0 aromatic heterocycles. The number of hydrogen-bond acceptors (Lipinski definition) is 6. The summed E-state index contributed by atoms with van der Waals surface area (Å²) in [5.74, 6) is -1.60. The molecule has 3 saturated heterocycles. The lowest BCUT2D eigenvalue weighted by atomic mass is 9.70. The molecule has 10 heteroatoms. The summed E-state index contributed by atoms with van der Waals surface area (Å²) in [6.07, 6.45) is 5.13. The molecule has 0 aliphatic carbocycles. The van der Waals surface area contributed by atoms with Crippen molar-refractivity contribution in [2.24, 2.45) is 11.8 Å². The van der Waals surface area contributed by atoms with Crippen molar-refractivity contribution in [2.75, 3.05) is 37.7 Å². The minimum atomic E-state index is -1.17. The summed E-state index contributed by atoms with van der Waals surface area (Å²) in [5, 5.41) is 9.36. The number of fused-ring (bicyclic) bond motifs is 1. The van der Waals surface area contributed by atoms with E-state index in [1.165, 1.54) is 0 Å². The third kappa shape index (κ3) is 6.39. The molecule has 9 nitrogen and oxygen atoms in total. The number of ether oxygens (including phenoxy) is 2. The first-order valence-electron chi connectivity index (χ1n) is 16.1. The van der Waals surface area contributed by atoms with E-state index in [2.05, 4.69) is 29.1 Å². The Morgan fingerprint density at radius 3 is 2.43 bits per heavy atom. The lowest BCUT2D eigenvalue weighted by Gasteiger charge is -2.37. The van der Waals surface area contributed by atoms with Crippen molar-refractivity contribution in [3.8, 4) is 5.75 Å². The van der Waals surface area contributed by atoms with Gasteiger partial charge in [0.15, 0.2) is 0 Å². The summed E-state index contributed by atoms with van der Waals surface area (Å²) in [5.41, 5.74) is 0.457. The summed E-state index contributed by atoms with van der Waals surface area (Å²) >= 11 is 3.79. The third-order valence-electron chi connectivity index (χ3n) is 9.28. The number of anilines is 1. The van der Waals surface area contributed by atoms with Gasteiger partial charge >= 0.3 is 0 Å². The van der Waals surface area contributed by atoms with Gasteiger partial charge in [0, 0.05) is 43.3 Å². The van der Waals surface area contributed by atoms with E-state index in [9.17, 15) is 19.5 Å². The quantitative estimate of drug-likeness (QED) is 0.155. The molecule has 1 N–H and O–H groups in total. The number of nitrogens with zero attached hydrogens (tertiary/aromatic N) is 3. The summed E-state index contributed by atoms with van der Waals surface area (Å²) in [4.78, 5) is 48.5. The van der Waals surface area contributed by atoms with Crippen LogP contribution in [0.3, 0.4) is 0 Å². The fraction of sp³-hybridized carbons (Fsp3) is 0.472. The highest BCUT2D eigenvalue weighted by Crippen LogP contribution is 2.60. The van der Waals surface area contributed by atoms with Crippen molar-refractivity contribution in [1.82, 2.24) is 9.80 Å². The van der Waals surface area contributed by atoms with E-state index in [0.717, 1.165) is 5.56 Å². The van der Waals surface area contributed by atoms with Gasteiger partial charge in [0.2, 0.25) is 17.7 Å². The van der Waals surface area contributed by atoms with Gasteiger partial charge in [0.1, 0.15) is 17.4 Å². The van der Waals surface area contributed by atoms with Crippen LogP contribution in [-0.2, 0) is 25.7 Å². The van der Waals surface area contributed by atoms with Gasteiger partial charge in [-0.25, -0.2) is 0 Å². The van der Waals surface area contributed by atoms with Gasteiger partial charge in [0.25, 0.3) is 0 Å². The van der Waals surface area contributed by atoms with Crippen LogP contribution in [0.5, 0.6) is 5.75 Å². The molecule has 3 unspecified atom stereocenters. The van der Waals surface area contributed by atoms with Crippen LogP contribution in [0.2, 0.25) is 0 Å². The van der Waals surface area contributed by atoms with Gasteiger partial charge < -0.3 is 29.3 Å². The molecule has 3 aliphatic heterocycles. The lowest BCUT2D eigenvalue weighted by molar-refractivity contribution is -0.148. The van der Waals surface area contributed by atoms with Crippen LogP contribution in [0, 0.1) is 11.8 Å². The predicted molar refractivity (Wildman–Crippen MR) is 181 cm³/mol. The number of hydrogen-bond donors (Lipinski definition) is 1. The van der Waals surface area contributed by atoms with Gasteiger partial charge in [-0.2, -0.15) is 0 Å². The zero-order valence-electron chi connectivity index (χ0n) is 26.4. The fourth-order valence-electron chi connectivity index (χ4n) is 7.39. The van der Waals surface area contributed by atoms with Gasteiger partial charge in [-0.05, 0) is 62.4 Å². The molecule has 0 saturated carbocycles. The number of aliphatic hydroxyl groups is 1. The maximum Gasteiger partial charge on any atom is 0.248 e. The first-order chi connectivity index (χ1) is 22.3. The van der Waals surface area contributed by atoms with Crippen LogP contribution in [0.4, 0.5) is 5.69 Å². The molecule has 3 heterocycles. The van der Waals surface area contributed by atoms with Crippen LogP contribution in [-0.4, -0.2) is 88.0 Å². The maximum atomic E-state index is 14.7. The Bertz CT molecular complexity index is 1400. The second kappa shape index (κ2) is 15.0. The molecule has 2 aromatic rings. The van der Waals surface area contributed by atoms with Crippen LogP contribution >= 0.6 is 15.9 Å². The summed E-state index contributed by atoms with van der Waals surface area (Å²) in [7, 11) is 0. The van der Waals surface area contributed by atoms with Gasteiger partial charge in [-0.3, -0.25) is 14.4 Å². The zero-order chi connectivity index (χ0) is 32.8. The van der Waals surface area contributed by atoms with Crippen LogP contribution < -0.4 is 9.64 Å². The molecular formula is C36H44BrN3O6. The molecule has 46 heavy (non-hydrogen) atoms. The Labute approximate surface area is 280 Å². The van der Waals surface area contributed by atoms with E-state index in [-0.39, 0.29) is 35.7 Å². The largest absolute Gasteiger partial charge is 0.494 e. The van der Waals surface area contributed by atoms with Crippen LogP contribution in [0.1, 0.15) is 38.2 Å². The summed E-state index contributed by atoms with van der Waals surface area (Å²) < 4.78 is 12.4. The number of likely N-dealkylation sites (tertiary alicyclic amines) is 1. The van der Waals surface area contributed by atoms with E-state index in [4.69, 9.17) is 9.47 Å². The molecule has 6 atom stereocenters. The highest BCUT2D eigenvalue weighted by molar-refractivity contribution is 9.09. The van der Waals surface area contributed by atoms with E-state index in [1.807, 2.05) is 61.5 Å². The van der Waals surface area contributed by atoms with Crippen molar-refractivity contribution in [2.45, 2.75) is 61.7 Å². The molecule has 3 aliphatic rings. The monoisotopic (exact) mass is 693 g/mol. The lowest BCUT2D eigenvalue weighted by Crippen LogP contribution is -2.57. The highest BCUT2D eigenvalue weighted by atomic mass is 79.9. The van der Waals surface area contributed by atoms with Gasteiger partial charge in [-0.1, -0.05) is 58.4 Å². The normalized spacial score (nSPS) is 26.1. The van der Waals surface area contributed by atoms with Crippen LogP contribution in [0.15, 0.2) is 79.9 Å². The number of unbranched alkanes of at least 4 members (excludes halogenated alkanes) is 2. The van der Waals surface area contributed by atoms with E-state index in [1.54, 1.807) is 26.9 Å². The average Bonchev–Trinajstić information content (AvgIpc) is 3.65. The zero-order valence-corrected chi connectivity index (χ0v) is 28.0. The molecule has 3 amide bonds. The SMILES string of the molecule is C=CCN(Cc1ccccc1)C(=O)C1N(CCCCCO)C(=O)[C@@H]2[C@@H](C(=O)N(CC=C)c3ccc(OCC)cc3)[C@@H]3OC12CC3Br. The smallest absolute Gasteiger partial charge is 0.248 e. The van der Waals surface area contributed by atoms with Crippen molar-refractivity contribution in [1.29, 1.82) is 0 Å². The van der Waals surface area contributed by atoms with Crippen molar-refractivity contribution >= 4 is 39.3 Å². The van der Waals surface area contributed by atoms with E-state index >= 15 is 0 Å². The summed E-state index contributed by atoms with van der Waals surface area (Å²) in [6.45, 7) is 11.5. The number of aliphatic hydroxyl groups excluding tert-OH is 1. The Morgan fingerprint density at radius 2 is 1.78 bits per heavy atom. The molecule has 5 rings (SSSR count). The molecule has 246 valence electrons. The number of rotatable bonds is 16. The highest BCUT2D eigenvalue weighted by Gasteiger charge is 2.76.